The SMILES string of the molecule is Cc1cc(C(C)Nc2cccc(C)c2Br)c(C)o1. The molecule has 0 aliphatic heterocycles. The topological polar surface area (TPSA) is 25.2 Å². The largest absolute Gasteiger partial charge is 0.466 e. The van der Waals surface area contributed by atoms with Crippen LogP contribution in [0.1, 0.15) is 35.6 Å². The second kappa shape index (κ2) is 5.19. The molecule has 0 bridgehead atoms. The molecule has 18 heavy (non-hydrogen) atoms. The van der Waals surface area contributed by atoms with Crippen LogP contribution in [0.2, 0.25) is 0 Å². The van der Waals surface area contributed by atoms with Gasteiger partial charge in [0.25, 0.3) is 0 Å². The molecule has 0 aliphatic rings. The maximum absolute atomic E-state index is 5.58. The van der Waals surface area contributed by atoms with Crippen molar-refractivity contribution in [1.29, 1.82) is 0 Å². The number of benzene rings is 1. The smallest absolute Gasteiger partial charge is 0.106 e. The lowest BCUT2D eigenvalue weighted by atomic mass is 10.1. The van der Waals surface area contributed by atoms with E-state index in [0.717, 1.165) is 21.7 Å². The van der Waals surface area contributed by atoms with Crippen molar-refractivity contribution in [2.24, 2.45) is 0 Å². The van der Waals surface area contributed by atoms with Crippen LogP contribution in [-0.2, 0) is 0 Å². The molecule has 1 aromatic heterocycles. The Balaban J connectivity index is 2.24. The highest BCUT2D eigenvalue weighted by atomic mass is 79.9. The third-order valence-corrected chi connectivity index (χ3v) is 4.16. The summed E-state index contributed by atoms with van der Waals surface area (Å²) in [6, 6.07) is 8.54. The lowest BCUT2D eigenvalue weighted by Gasteiger charge is -2.16. The third kappa shape index (κ3) is 2.61. The van der Waals surface area contributed by atoms with E-state index < -0.39 is 0 Å². The van der Waals surface area contributed by atoms with Crippen molar-refractivity contribution in [1.82, 2.24) is 0 Å². The molecule has 1 atom stereocenters. The Morgan fingerprint density at radius 3 is 2.56 bits per heavy atom. The molecule has 3 heteroatoms. The van der Waals surface area contributed by atoms with Crippen molar-refractivity contribution in [2.45, 2.75) is 33.7 Å². The third-order valence-electron chi connectivity index (χ3n) is 3.11. The van der Waals surface area contributed by atoms with Crippen LogP contribution in [0, 0.1) is 20.8 Å². The lowest BCUT2D eigenvalue weighted by molar-refractivity contribution is 0.500. The van der Waals surface area contributed by atoms with Gasteiger partial charge in [-0.2, -0.15) is 0 Å². The van der Waals surface area contributed by atoms with Crippen LogP contribution in [0.25, 0.3) is 0 Å². The minimum absolute atomic E-state index is 0.223. The van der Waals surface area contributed by atoms with Gasteiger partial charge in [-0.1, -0.05) is 12.1 Å². The number of nitrogens with one attached hydrogen (secondary N) is 1. The fourth-order valence-corrected chi connectivity index (χ4v) is 2.53. The van der Waals surface area contributed by atoms with Crippen molar-refractivity contribution in [2.75, 3.05) is 5.32 Å². The van der Waals surface area contributed by atoms with Crippen LogP contribution in [0.4, 0.5) is 5.69 Å². The quantitative estimate of drug-likeness (QED) is 0.849. The van der Waals surface area contributed by atoms with Crippen molar-refractivity contribution < 1.29 is 4.42 Å². The van der Waals surface area contributed by atoms with E-state index in [4.69, 9.17) is 4.42 Å². The van der Waals surface area contributed by atoms with E-state index in [0.29, 0.717) is 0 Å². The molecule has 2 nitrogen and oxygen atoms in total. The minimum Gasteiger partial charge on any atom is -0.466 e. The van der Waals surface area contributed by atoms with Crippen molar-refractivity contribution >= 4 is 21.6 Å². The van der Waals surface area contributed by atoms with Crippen LogP contribution >= 0.6 is 15.9 Å². The van der Waals surface area contributed by atoms with Gasteiger partial charge in [0.1, 0.15) is 11.5 Å². The summed E-state index contributed by atoms with van der Waals surface area (Å²) in [6.45, 7) is 8.22. The van der Waals surface area contributed by atoms with Gasteiger partial charge in [0.15, 0.2) is 0 Å². The Morgan fingerprint density at radius 1 is 1.22 bits per heavy atom. The van der Waals surface area contributed by atoms with Crippen LogP contribution in [0.5, 0.6) is 0 Å². The zero-order valence-corrected chi connectivity index (χ0v) is 12.8. The van der Waals surface area contributed by atoms with Gasteiger partial charge in [0, 0.05) is 15.7 Å². The molecule has 0 aliphatic carbocycles. The van der Waals surface area contributed by atoms with Gasteiger partial charge >= 0.3 is 0 Å². The summed E-state index contributed by atoms with van der Waals surface area (Å²) in [4.78, 5) is 0. The van der Waals surface area contributed by atoms with E-state index in [1.54, 1.807) is 0 Å². The zero-order chi connectivity index (χ0) is 13.3. The maximum Gasteiger partial charge on any atom is 0.106 e. The summed E-state index contributed by atoms with van der Waals surface area (Å²) < 4.78 is 6.70. The van der Waals surface area contributed by atoms with Gasteiger partial charge in [-0.3, -0.25) is 0 Å². The molecule has 0 radical (unpaired) electrons. The second-order valence-corrected chi connectivity index (χ2v) is 5.46. The summed E-state index contributed by atoms with van der Waals surface area (Å²) in [6.07, 6.45) is 0. The predicted molar refractivity (Wildman–Crippen MR) is 79.1 cm³/mol. The van der Waals surface area contributed by atoms with Crippen LogP contribution in [0.3, 0.4) is 0 Å². The molecule has 1 unspecified atom stereocenters. The normalized spacial score (nSPS) is 12.5. The molecule has 1 N–H and O–H groups in total. The summed E-state index contributed by atoms with van der Waals surface area (Å²) in [5.41, 5.74) is 3.55. The number of halogens is 1. The molecule has 0 saturated heterocycles. The number of hydrogen-bond donors (Lipinski definition) is 1. The highest BCUT2D eigenvalue weighted by Gasteiger charge is 2.13. The fraction of sp³-hybridized carbons (Fsp3) is 0.333. The van der Waals surface area contributed by atoms with Crippen molar-refractivity contribution in [3.63, 3.8) is 0 Å². The number of rotatable bonds is 3. The molecule has 2 aromatic rings. The van der Waals surface area contributed by atoms with Gasteiger partial charge in [0.2, 0.25) is 0 Å². The zero-order valence-electron chi connectivity index (χ0n) is 11.2. The van der Waals surface area contributed by atoms with E-state index in [1.807, 2.05) is 13.8 Å². The average molecular weight is 308 g/mol. The first-order valence-electron chi connectivity index (χ1n) is 6.07. The van der Waals surface area contributed by atoms with Gasteiger partial charge in [-0.05, 0) is 61.3 Å². The lowest BCUT2D eigenvalue weighted by Crippen LogP contribution is -2.07. The second-order valence-electron chi connectivity index (χ2n) is 4.67. The van der Waals surface area contributed by atoms with Crippen molar-refractivity contribution in [3.05, 3.63) is 51.4 Å². The van der Waals surface area contributed by atoms with E-state index in [1.165, 1.54) is 11.1 Å². The standard InChI is InChI=1S/C15H18BrNO/c1-9-6-5-7-14(15(9)16)17-11(3)13-8-10(2)18-12(13)4/h5-8,11,17H,1-4H3. The molecule has 0 spiro atoms. The number of furan rings is 1. The molecule has 96 valence electrons. The Hall–Kier alpha value is -1.22. The highest BCUT2D eigenvalue weighted by molar-refractivity contribution is 9.10. The van der Waals surface area contributed by atoms with Crippen LogP contribution in [-0.4, -0.2) is 0 Å². The van der Waals surface area contributed by atoms with E-state index >= 15 is 0 Å². The van der Waals surface area contributed by atoms with E-state index in [2.05, 4.69) is 59.4 Å². The number of aryl methyl sites for hydroxylation is 3. The Kier molecular flexibility index (Phi) is 3.81. The van der Waals surface area contributed by atoms with E-state index in [9.17, 15) is 0 Å². The highest BCUT2D eigenvalue weighted by Crippen LogP contribution is 2.30. The summed E-state index contributed by atoms with van der Waals surface area (Å²) in [5, 5.41) is 3.51. The fourth-order valence-electron chi connectivity index (χ4n) is 2.15. The van der Waals surface area contributed by atoms with Gasteiger partial charge in [0.05, 0.1) is 6.04 Å². The molecular formula is C15H18BrNO. The van der Waals surface area contributed by atoms with Gasteiger partial charge < -0.3 is 9.73 Å². The molecule has 0 saturated carbocycles. The summed E-state index contributed by atoms with van der Waals surface area (Å²) >= 11 is 3.62. The van der Waals surface area contributed by atoms with Crippen LogP contribution < -0.4 is 5.32 Å². The summed E-state index contributed by atoms with van der Waals surface area (Å²) in [7, 11) is 0. The molecule has 0 fully saturated rings. The molecule has 1 aromatic carbocycles. The Labute approximate surface area is 117 Å². The molecule has 0 amide bonds. The van der Waals surface area contributed by atoms with Crippen LogP contribution in [0.15, 0.2) is 33.2 Å². The predicted octanol–water partition coefficient (Wildman–Crippen LogP) is 5.14. The average Bonchev–Trinajstić information content (AvgIpc) is 2.64. The molecule has 1 heterocycles. The van der Waals surface area contributed by atoms with Gasteiger partial charge in [-0.25, -0.2) is 0 Å². The monoisotopic (exact) mass is 307 g/mol. The number of anilines is 1. The maximum atomic E-state index is 5.58. The summed E-state index contributed by atoms with van der Waals surface area (Å²) in [5.74, 6) is 1.94. The Morgan fingerprint density at radius 2 is 1.94 bits per heavy atom. The molecular weight excluding hydrogens is 290 g/mol. The van der Waals surface area contributed by atoms with Crippen molar-refractivity contribution in [3.8, 4) is 0 Å². The van der Waals surface area contributed by atoms with E-state index in [-0.39, 0.29) is 6.04 Å². The first-order chi connectivity index (χ1) is 8.49. The first-order valence-corrected chi connectivity index (χ1v) is 6.87. The molecule has 2 rings (SSSR count). The first kappa shape index (κ1) is 13.2. The minimum atomic E-state index is 0.223. The Bertz CT molecular complexity index is 560. The number of hydrogen-bond acceptors (Lipinski definition) is 2. The van der Waals surface area contributed by atoms with Gasteiger partial charge in [-0.15, -0.1) is 0 Å².